The van der Waals surface area contributed by atoms with Crippen LogP contribution in [0, 0.1) is 5.41 Å². The third kappa shape index (κ3) is 7.34. The number of ether oxygens (including phenoxy) is 2. The van der Waals surface area contributed by atoms with Gasteiger partial charge >= 0.3 is 6.03 Å². The van der Waals surface area contributed by atoms with Crippen molar-refractivity contribution in [1.82, 2.24) is 20.5 Å². The number of carbonyl (C=O) groups excluding carboxylic acids is 2. The Morgan fingerprint density at radius 1 is 1.06 bits per heavy atom. The predicted molar refractivity (Wildman–Crippen MR) is 135 cm³/mol. The predicted octanol–water partition coefficient (Wildman–Crippen LogP) is 2.70. The van der Waals surface area contributed by atoms with Crippen molar-refractivity contribution in [3.05, 3.63) is 53.6 Å². The summed E-state index contributed by atoms with van der Waals surface area (Å²) in [4.78, 5) is 24.8. The van der Waals surface area contributed by atoms with Crippen molar-refractivity contribution in [2.75, 3.05) is 33.9 Å². The molecule has 2 aromatic rings. The highest BCUT2D eigenvalue weighted by molar-refractivity contribution is 7.90. The fourth-order valence-electron chi connectivity index (χ4n) is 4.11. The third-order valence-electron chi connectivity index (χ3n) is 5.97. The first kappa shape index (κ1) is 27.3. The van der Waals surface area contributed by atoms with E-state index in [0.717, 1.165) is 18.4 Å². The molecule has 3 rings (SSSR count). The fraction of sp³-hybridized carbons (Fsp3) is 0.440. The number of urea groups is 1. The first-order valence-electron chi connectivity index (χ1n) is 11.7. The van der Waals surface area contributed by atoms with Gasteiger partial charge in [0, 0.05) is 19.6 Å². The molecule has 0 aromatic heterocycles. The SMILES string of the molecule is COc1ccc(OC)c(C(=O)NCCc2ccc(S(=O)(=O)NC(=O)NN3CCCC(C)(C)C3)cc2)c1. The van der Waals surface area contributed by atoms with Crippen LogP contribution < -0.4 is 24.9 Å². The molecule has 11 heteroatoms. The minimum atomic E-state index is -4.02. The molecule has 1 fully saturated rings. The Hall–Kier alpha value is -3.31. The van der Waals surface area contributed by atoms with Gasteiger partial charge in [-0.2, -0.15) is 0 Å². The summed E-state index contributed by atoms with van der Waals surface area (Å²) < 4.78 is 37.7. The van der Waals surface area contributed by atoms with Gasteiger partial charge in [-0.15, -0.1) is 0 Å². The molecule has 196 valence electrons. The summed E-state index contributed by atoms with van der Waals surface area (Å²) in [5.74, 6) is 0.667. The lowest BCUT2D eigenvalue weighted by Crippen LogP contribution is -2.53. The summed E-state index contributed by atoms with van der Waals surface area (Å²) in [6.45, 7) is 5.87. The summed E-state index contributed by atoms with van der Waals surface area (Å²) in [6, 6.07) is 10.3. The Kier molecular flexibility index (Phi) is 8.80. The molecule has 1 aliphatic heterocycles. The standard InChI is InChI=1S/C25H34N4O6S/c1-25(2)13-5-15-29(17-25)27-24(31)28-36(32,33)20-9-6-18(7-10-20)12-14-26-23(30)21-16-19(34-3)8-11-22(21)35-4/h6-11,16H,5,12-15,17H2,1-4H3,(H,26,30)(H2,27,28,31). The lowest BCUT2D eigenvalue weighted by Gasteiger charge is -2.37. The number of methoxy groups -OCH3 is 2. The van der Waals surface area contributed by atoms with E-state index >= 15 is 0 Å². The maximum absolute atomic E-state index is 12.6. The van der Waals surface area contributed by atoms with Gasteiger partial charge in [-0.1, -0.05) is 26.0 Å². The molecular weight excluding hydrogens is 484 g/mol. The normalized spacial score (nSPS) is 15.6. The summed E-state index contributed by atoms with van der Waals surface area (Å²) in [6.07, 6.45) is 2.46. The summed E-state index contributed by atoms with van der Waals surface area (Å²) in [5.41, 5.74) is 3.86. The first-order chi connectivity index (χ1) is 17.0. The zero-order chi connectivity index (χ0) is 26.3. The number of sulfonamides is 1. The second-order valence-corrected chi connectivity index (χ2v) is 11.1. The van der Waals surface area contributed by atoms with Crippen LogP contribution in [-0.2, 0) is 16.4 Å². The number of hydrazine groups is 1. The molecule has 0 atom stereocenters. The van der Waals surface area contributed by atoms with Crippen LogP contribution in [-0.4, -0.2) is 59.2 Å². The molecule has 0 unspecified atom stereocenters. The van der Waals surface area contributed by atoms with Gasteiger partial charge in [-0.25, -0.2) is 22.9 Å². The second-order valence-electron chi connectivity index (χ2n) is 9.45. The molecule has 0 spiro atoms. The lowest BCUT2D eigenvalue weighted by molar-refractivity contribution is 0.0826. The number of nitrogens with zero attached hydrogens (tertiary/aromatic N) is 1. The Morgan fingerprint density at radius 3 is 2.42 bits per heavy atom. The monoisotopic (exact) mass is 518 g/mol. The fourth-order valence-corrected chi connectivity index (χ4v) is 5.01. The van der Waals surface area contributed by atoms with Gasteiger partial charge in [0.25, 0.3) is 15.9 Å². The first-order valence-corrected chi connectivity index (χ1v) is 13.2. The second kappa shape index (κ2) is 11.6. The highest BCUT2D eigenvalue weighted by atomic mass is 32.2. The van der Waals surface area contributed by atoms with E-state index in [4.69, 9.17) is 9.47 Å². The maximum atomic E-state index is 12.6. The summed E-state index contributed by atoms with van der Waals surface area (Å²) in [5, 5.41) is 4.57. The average Bonchev–Trinajstić information content (AvgIpc) is 2.82. The van der Waals surface area contributed by atoms with Crippen molar-refractivity contribution in [2.24, 2.45) is 5.41 Å². The van der Waals surface area contributed by atoms with Crippen molar-refractivity contribution in [2.45, 2.75) is 38.0 Å². The molecule has 36 heavy (non-hydrogen) atoms. The van der Waals surface area contributed by atoms with Crippen molar-refractivity contribution in [3.63, 3.8) is 0 Å². The van der Waals surface area contributed by atoms with Gasteiger partial charge in [0.1, 0.15) is 11.5 Å². The third-order valence-corrected chi connectivity index (χ3v) is 7.32. The Balaban J connectivity index is 1.52. The molecular formula is C25H34N4O6S. The highest BCUT2D eigenvalue weighted by Gasteiger charge is 2.28. The van der Waals surface area contributed by atoms with E-state index in [9.17, 15) is 18.0 Å². The summed E-state index contributed by atoms with van der Waals surface area (Å²) in [7, 11) is -1.02. The van der Waals surface area contributed by atoms with Crippen LogP contribution in [0.3, 0.4) is 0 Å². The average molecular weight is 519 g/mol. The number of hydrogen-bond acceptors (Lipinski definition) is 7. The molecule has 3 N–H and O–H groups in total. The van der Waals surface area contributed by atoms with Crippen molar-refractivity contribution in [1.29, 1.82) is 0 Å². The molecule has 0 radical (unpaired) electrons. The van der Waals surface area contributed by atoms with Crippen molar-refractivity contribution < 1.29 is 27.5 Å². The smallest absolute Gasteiger partial charge is 0.343 e. The van der Waals surface area contributed by atoms with Crippen LogP contribution in [0.5, 0.6) is 11.5 Å². The Labute approximate surface area is 212 Å². The van der Waals surface area contributed by atoms with E-state index in [0.29, 0.717) is 43.1 Å². The van der Waals surface area contributed by atoms with Gasteiger partial charge in [0.2, 0.25) is 0 Å². The van der Waals surface area contributed by atoms with Gasteiger partial charge in [0.05, 0.1) is 24.7 Å². The zero-order valence-electron chi connectivity index (χ0n) is 21.1. The van der Waals surface area contributed by atoms with Crippen molar-refractivity contribution >= 4 is 22.0 Å². The number of hydrogen-bond donors (Lipinski definition) is 3. The summed E-state index contributed by atoms with van der Waals surface area (Å²) >= 11 is 0. The highest BCUT2D eigenvalue weighted by Crippen LogP contribution is 2.27. The van der Waals surface area contributed by atoms with E-state index in [1.54, 1.807) is 35.3 Å². The van der Waals surface area contributed by atoms with Crippen LogP contribution in [0.25, 0.3) is 0 Å². The molecule has 0 saturated carbocycles. The molecule has 10 nitrogen and oxygen atoms in total. The molecule has 2 aromatic carbocycles. The van der Waals surface area contributed by atoms with Crippen LogP contribution in [0.1, 0.15) is 42.6 Å². The van der Waals surface area contributed by atoms with Crippen LogP contribution in [0.15, 0.2) is 47.4 Å². The maximum Gasteiger partial charge on any atom is 0.343 e. The number of rotatable bonds is 9. The molecule has 1 aliphatic rings. The lowest BCUT2D eigenvalue weighted by atomic mass is 9.85. The van der Waals surface area contributed by atoms with E-state index in [2.05, 4.69) is 29.3 Å². The van der Waals surface area contributed by atoms with E-state index in [-0.39, 0.29) is 16.2 Å². The number of carbonyl (C=O) groups is 2. The minimum Gasteiger partial charge on any atom is -0.497 e. The molecule has 3 amide bonds. The number of nitrogens with one attached hydrogen (secondary N) is 3. The minimum absolute atomic E-state index is 0.0227. The quantitative estimate of drug-likeness (QED) is 0.466. The van der Waals surface area contributed by atoms with Gasteiger partial charge in [0.15, 0.2) is 0 Å². The van der Waals surface area contributed by atoms with Crippen LogP contribution in [0.2, 0.25) is 0 Å². The topological polar surface area (TPSA) is 126 Å². The number of piperidine rings is 1. The zero-order valence-corrected chi connectivity index (χ0v) is 21.9. The Bertz CT molecular complexity index is 1180. The van der Waals surface area contributed by atoms with E-state index in [1.165, 1.54) is 26.4 Å². The van der Waals surface area contributed by atoms with Crippen LogP contribution >= 0.6 is 0 Å². The molecule has 1 heterocycles. The van der Waals surface area contributed by atoms with Gasteiger partial charge < -0.3 is 14.8 Å². The largest absolute Gasteiger partial charge is 0.497 e. The van der Waals surface area contributed by atoms with E-state index < -0.39 is 16.1 Å². The Morgan fingerprint density at radius 2 is 1.78 bits per heavy atom. The van der Waals surface area contributed by atoms with Gasteiger partial charge in [-0.3, -0.25) is 10.2 Å². The molecule has 0 aliphatic carbocycles. The number of benzene rings is 2. The molecule has 1 saturated heterocycles. The van der Waals surface area contributed by atoms with E-state index in [1.807, 2.05) is 0 Å². The van der Waals surface area contributed by atoms with Gasteiger partial charge in [-0.05, 0) is 60.6 Å². The number of amides is 3. The molecule has 0 bridgehead atoms. The van der Waals surface area contributed by atoms with Crippen molar-refractivity contribution in [3.8, 4) is 11.5 Å². The van der Waals surface area contributed by atoms with Crippen LogP contribution in [0.4, 0.5) is 4.79 Å².